The number of rotatable bonds is 22. The smallest absolute Gasteiger partial charge is 0.490 e. The molecule has 8 heterocycles. The van der Waals surface area contributed by atoms with Gasteiger partial charge in [-0.25, -0.2) is 38.0 Å². The minimum absolute atomic E-state index is 0.0235. The van der Waals surface area contributed by atoms with Crippen molar-refractivity contribution in [2.45, 2.75) is 74.0 Å². The molecule has 0 saturated carbocycles. The largest absolute Gasteiger partial charge is 0.778 e. The number of aliphatic hydroxyl groups is 3. The predicted octanol–water partition coefficient (Wildman–Crippen LogP) is -3.69. The highest BCUT2D eigenvalue weighted by Crippen LogP contribution is 2.68. The Morgan fingerprint density at radius 1 is 0.800 bits per heavy atom. The van der Waals surface area contributed by atoms with E-state index in [1.54, 1.807) is 6.92 Å². The first-order valence-electron chi connectivity index (χ1n) is 22.0. The van der Waals surface area contributed by atoms with Gasteiger partial charge in [-0.1, -0.05) is 0 Å². The van der Waals surface area contributed by atoms with Crippen LogP contribution in [0.25, 0.3) is 22.3 Å². The number of hydrogen-bond donors (Lipinski definition) is 10. The maximum absolute atomic E-state index is 14.2. The van der Waals surface area contributed by atoms with E-state index in [2.05, 4.69) is 38.9 Å². The Kier molecular flexibility index (Phi) is 16.6. The summed E-state index contributed by atoms with van der Waals surface area (Å²) in [5.74, 6) is -1.03. The first kappa shape index (κ1) is 56.6. The van der Waals surface area contributed by atoms with Gasteiger partial charge in [0.1, 0.15) is 50.0 Å². The number of imidazole rings is 2. The molecule has 0 radical (unpaired) electrons. The Labute approximate surface area is 419 Å². The number of nitrogen functional groups attached to an aromatic ring is 1. The zero-order valence-corrected chi connectivity index (χ0v) is 42.9. The van der Waals surface area contributed by atoms with Crippen molar-refractivity contribution in [3.05, 3.63) is 62.4 Å². The number of methoxy groups -OCH3 is 2. The Morgan fingerprint density at radius 2 is 1.44 bits per heavy atom. The van der Waals surface area contributed by atoms with Gasteiger partial charge in [0.05, 0.1) is 57.7 Å². The van der Waals surface area contributed by atoms with E-state index >= 15 is 0 Å². The number of nitrogens with zero attached hydrogens (tertiary/aromatic N) is 8. The Bertz CT molecular complexity index is 3280. The molecule has 5 aromatic rings. The fourth-order valence-electron chi connectivity index (χ4n) is 8.69. The zero-order valence-electron chi connectivity index (χ0n) is 39.3. The van der Waals surface area contributed by atoms with Gasteiger partial charge >= 0.3 is 34.7 Å². The van der Waals surface area contributed by atoms with Crippen molar-refractivity contribution < 1.29 is 104 Å². The van der Waals surface area contributed by atoms with Crippen LogP contribution in [0.5, 0.6) is 0 Å². The minimum Gasteiger partial charge on any atom is -0.778 e. The second kappa shape index (κ2) is 22.0. The molecule has 0 bridgehead atoms. The number of hydrogen-bond acceptors (Lipinski definition) is 27. The standard InChI is InChI=1S/C35H50N12O24P4/c1-5-37-34-42-29-21(30(52)43-34)44(2)14-47(29)31-22(49)15(8-62-3)16(67-31)9-65-73(56,57)70-75(60,61)71-74(58,59)66-11-18-26(25(63-4)33(69-18)46-13-40-20-27(36)38-12-39-28(20)46)72(54,55)64-10-17-23(50)24(51)32(68-17)45-7-6-19(48)41-35(45)53/h6-7,12-18,22-26,31-33,49-51H,5,8-11H2,1-4H3,(H8-,36,37,38,39,41,42,43,48,52,53,54,55,56,57,58,59,60,61)/t15-,16-,17-,18?,22-,23-,24-,25-,26-,31?,32-,33-/m1/s1. The number of nitrogens with one attached hydrogen (secondary N) is 3. The Morgan fingerprint density at radius 3 is 2.09 bits per heavy atom. The quantitative estimate of drug-likeness (QED) is 0.0236. The summed E-state index contributed by atoms with van der Waals surface area (Å²) in [5, 5.41) is 35.7. The minimum atomic E-state index is -6.20. The Hall–Kier alpha value is -4.58. The second-order valence-electron chi connectivity index (χ2n) is 16.8. The molecule has 5 aromatic heterocycles. The molecular weight excluding hydrogens is 1100 g/mol. The van der Waals surface area contributed by atoms with Crippen molar-refractivity contribution in [3.8, 4) is 0 Å². The topological polar surface area (TPSA) is 496 Å². The van der Waals surface area contributed by atoms with Gasteiger partial charge < -0.3 is 78.7 Å². The van der Waals surface area contributed by atoms with Gasteiger partial charge in [-0.3, -0.25) is 37.7 Å². The van der Waals surface area contributed by atoms with E-state index in [4.69, 9.17) is 43.0 Å². The van der Waals surface area contributed by atoms with Crippen molar-refractivity contribution in [1.82, 2.24) is 43.6 Å². The number of aromatic nitrogens is 10. The van der Waals surface area contributed by atoms with Gasteiger partial charge in [-0.15, -0.1) is 0 Å². The lowest BCUT2D eigenvalue weighted by atomic mass is 9.99. The summed E-state index contributed by atoms with van der Waals surface area (Å²) in [5.41, 5.74) is 1.63. The summed E-state index contributed by atoms with van der Waals surface area (Å²) in [6, 6.07) is 0.919. The highest BCUT2D eigenvalue weighted by molar-refractivity contribution is 7.66. The number of aromatic amines is 2. The van der Waals surface area contributed by atoms with Gasteiger partial charge in [-0.05, 0) is 6.92 Å². The average Bonchev–Trinajstić information content (AvgIpc) is 4.13. The molecule has 0 spiro atoms. The lowest BCUT2D eigenvalue weighted by Gasteiger charge is -2.35. The van der Waals surface area contributed by atoms with Crippen LogP contribution in [0.2, 0.25) is 0 Å². The number of H-pyrrole nitrogens is 2. The number of ether oxygens (including phenoxy) is 5. The van der Waals surface area contributed by atoms with Gasteiger partial charge in [0.2, 0.25) is 18.5 Å². The highest BCUT2D eigenvalue weighted by Gasteiger charge is 2.55. The van der Waals surface area contributed by atoms with E-state index in [9.17, 15) is 67.5 Å². The zero-order chi connectivity index (χ0) is 54.5. The lowest BCUT2D eigenvalue weighted by molar-refractivity contribution is -0.646. The molecule has 0 aromatic carbocycles. The van der Waals surface area contributed by atoms with E-state index in [1.807, 2.05) is 4.98 Å². The van der Waals surface area contributed by atoms with Crippen LogP contribution in [0, 0.1) is 5.92 Å². The summed E-state index contributed by atoms with van der Waals surface area (Å²) in [6.07, 6.45) is -11.8. The van der Waals surface area contributed by atoms with Gasteiger partial charge in [-0.2, -0.15) is 18.2 Å². The Balaban J connectivity index is 0.956. The number of anilines is 2. The van der Waals surface area contributed by atoms with Crippen LogP contribution in [-0.2, 0) is 71.2 Å². The van der Waals surface area contributed by atoms with Crippen molar-refractivity contribution >= 4 is 65.2 Å². The lowest BCUT2D eigenvalue weighted by Crippen LogP contribution is -2.40. The summed E-state index contributed by atoms with van der Waals surface area (Å²) in [4.78, 5) is 104. The van der Waals surface area contributed by atoms with Crippen LogP contribution < -0.4 is 37.3 Å². The van der Waals surface area contributed by atoms with Crippen LogP contribution in [0.1, 0.15) is 25.6 Å². The number of nitrogens with two attached hydrogens (primary N) is 1. The summed E-state index contributed by atoms with van der Waals surface area (Å²) >= 11 is 0. The van der Waals surface area contributed by atoms with Crippen LogP contribution in [0.3, 0.4) is 0 Å². The molecule has 75 heavy (non-hydrogen) atoms. The summed E-state index contributed by atoms with van der Waals surface area (Å²) in [7, 11) is -19.7. The normalized spacial score (nSPS) is 30.3. The first-order valence-corrected chi connectivity index (χ1v) is 28.1. The van der Waals surface area contributed by atoms with Crippen molar-refractivity contribution in [2.75, 3.05) is 58.2 Å². The molecule has 11 N–H and O–H groups in total. The maximum Gasteiger partial charge on any atom is 0.490 e. The molecule has 414 valence electrons. The fourth-order valence-corrected chi connectivity index (χ4v) is 13.9. The third-order valence-electron chi connectivity index (χ3n) is 12.0. The third-order valence-corrected chi connectivity index (χ3v) is 18.1. The molecule has 3 saturated heterocycles. The number of phosphoric acid groups is 3. The predicted molar refractivity (Wildman–Crippen MR) is 244 cm³/mol. The van der Waals surface area contributed by atoms with Crippen molar-refractivity contribution in [3.63, 3.8) is 0 Å². The number of aryl methyl sites for hydroxylation is 1. The van der Waals surface area contributed by atoms with E-state index in [-0.39, 0.29) is 40.7 Å². The summed E-state index contributed by atoms with van der Waals surface area (Å²) in [6.45, 7) is -1.43. The molecule has 6 unspecified atom stereocenters. The number of phosphoric ester groups is 2. The molecule has 0 amide bonds. The molecule has 3 fully saturated rings. The third kappa shape index (κ3) is 11.8. The van der Waals surface area contributed by atoms with E-state index in [0.29, 0.717) is 6.54 Å². The fraction of sp³-hybridized carbons (Fsp3) is 0.600. The monoisotopic (exact) mass is 1150 g/mol. The van der Waals surface area contributed by atoms with E-state index in [0.717, 1.165) is 41.2 Å². The summed E-state index contributed by atoms with van der Waals surface area (Å²) < 4.78 is 110. The molecule has 36 nitrogen and oxygen atoms in total. The molecule has 3 aliphatic rings. The van der Waals surface area contributed by atoms with Crippen molar-refractivity contribution in [2.24, 2.45) is 13.0 Å². The maximum atomic E-state index is 14.2. The molecule has 3 aliphatic heterocycles. The van der Waals surface area contributed by atoms with Gasteiger partial charge in [0.25, 0.3) is 16.7 Å². The second-order valence-corrected chi connectivity index (χ2v) is 23.4. The SMILES string of the molecule is CCNc1nc2c(c(=O)[nH]1)[n+](C)cn2C1O[C@H](COP(=O)(O)OP(=O)(O)OP(=O)(O)OCC2O[C@@H](n3cnc4c(N)ncnc43)[C@H](OC)[C@@H]2P(=O)([O-])OC[C@H]2O[C@@H](n3ccc(=O)[nH]c3=O)[C@H](O)[C@@H]2O)[C@@H](COC)[C@H]1O. The molecule has 40 heteroatoms. The van der Waals surface area contributed by atoms with Crippen LogP contribution >= 0.6 is 31.1 Å². The van der Waals surface area contributed by atoms with Gasteiger partial charge in [0, 0.05) is 38.9 Å². The molecular formula is C35H50N12O24P4. The van der Waals surface area contributed by atoms with E-state index < -0.39 is 141 Å². The molecule has 8 rings (SSSR count). The van der Waals surface area contributed by atoms with E-state index in [1.165, 1.54) is 29.6 Å². The first-order chi connectivity index (χ1) is 35.3. The number of fused-ring (bicyclic) bond motifs is 2. The van der Waals surface area contributed by atoms with Crippen LogP contribution in [0.15, 0.2) is 45.6 Å². The number of aliphatic hydroxyl groups excluding tert-OH is 3. The van der Waals surface area contributed by atoms with Crippen LogP contribution in [0.4, 0.5) is 11.8 Å². The van der Waals surface area contributed by atoms with Crippen molar-refractivity contribution in [1.29, 1.82) is 0 Å². The van der Waals surface area contributed by atoms with Gasteiger partial charge in [0.15, 0.2) is 23.9 Å². The highest BCUT2D eigenvalue weighted by atomic mass is 31.3. The van der Waals surface area contributed by atoms with Crippen LogP contribution in [-0.4, -0.2) is 169 Å². The molecule has 0 aliphatic carbocycles. The molecule has 16 atom stereocenters. The average molecular weight is 1150 g/mol.